The number of hydrogen-bond acceptors (Lipinski definition) is 7. The van der Waals surface area contributed by atoms with Gasteiger partial charge in [-0.2, -0.15) is 0 Å². The second kappa shape index (κ2) is 16.6. The van der Waals surface area contributed by atoms with Crippen molar-refractivity contribution in [3.63, 3.8) is 0 Å². The first-order chi connectivity index (χ1) is 21.5. The van der Waals surface area contributed by atoms with Crippen LogP contribution in [0.2, 0.25) is 0 Å². The van der Waals surface area contributed by atoms with Crippen LogP contribution in [0.4, 0.5) is 4.79 Å². The minimum absolute atomic E-state index is 0.0915. The maximum absolute atomic E-state index is 13.1. The molecule has 2 aromatic carbocycles. The topological polar surface area (TPSA) is 143 Å². The molecule has 0 spiro atoms. The van der Waals surface area contributed by atoms with Crippen LogP contribution in [0.3, 0.4) is 0 Å². The molecule has 0 heterocycles. The Bertz CT molecular complexity index is 1330. The van der Waals surface area contributed by atoms with E-state index < -0.39 is 41.5 Å². The molecule has 0 saturated carbocycles. The van der Waals surface area contributed by atoms with Crippen molar-refractivity contribution in [3.05, 3.63) is 85.0 Å². The third-order valence-electron chi connectivity index (χ3n) is 7.55. The molecule has 242 valence electrons. The molecule has 0 radical (unpaired) electrons. The van der Waals surface area contributed by atoms with E-state index in [0.717, 1.165) is 22.3 Å². The second-order valence-electron chi connectivity index (χ2n) is 11.9. The van der Waals surface area contributed by atoms with Crippen LogP contribution >= 0.6 is 0 Å². The molecule has 3 atom stereocenters. The van der Waals surface area contributed by atoms with Crippen LogP contribution in [0, 0.1) is 5.92 Å². The van der Waals surface area contributed by atoms with Crippen LogP contribution in [0.5, 0.6) is 0 Å². The van der Waals surface area contributed by atoms with Gasteiger partial charge in [0.2, 0.25) is 11.8 Å². The van der Waals surface area contributed by atoms with E-state index in [2.05, 4.69) is 41.2 Å². The average molecular weight is 620 g/mol. The van der Waals surface area contributed by atoms with Gasteiger partial charge in [-0.15, -0.1) is 13.2 Å². The predicted molar refractivity (Wildman–Crippen MR) is 172 cm³/mol. The Morgan fingerprint density at radius 3 is 2.16 bits per heavy atom. The molecule has 1 aliphatic carbocycles. The Morgan fingerprint density at radius 2 is 1.58 bits per heavy atom. The lowest BCUT2D eigenvalue weighted by atomic mass is 9.97. The highest BCUT2D eigenvalue weighted by Crippen LogP contribution is 2.44. The van der Waals surface area contributed by atoms with Gasteiger partial charge in [-0.25, -0.2) is 9.59 Å². The molecule has 0 fully saturated rings. The summed E-state index contributed by atoms with van der Waals surface area (Å²) < 4.78 is 11.2. The highest BCUT2D eigenvalue weighted by molar-refractivity contribution is 5.86. The number of carbonyl (C=O) groups is 4. The van der Waals surface area contributed by atoms with Gasteiger partial charge in [-0.1, -0.05) is 60.7 Å². The normalized spacial score (nSPS) is 14.1. The molecule has 10 heteroatoms. The highest BCUT2D eigenvalue weighted by atomic mass is 16.6. The third-order valence-corrected chi connectivity index (χ3v) is 7.55. The highest BCUT2D eigenvalue weighted by Gasteiger charge is 2.32. The van der Waals surface area contributed by atoms with Gasteiger partial charge in [0.1, 0.15) is 19.3 Å². The number of alkyl carbamates (subject to hydrolysis) is 1. The number of esters is 1. The number of allylic oxidation sites excluding steroid dienone is 2. The zero-order valence-corrected chi connectivity index (χ0v) is 26.3. The van der Waals surface area contributed by atoms with Crippen LogP contribution in [0.15, 0.2) is 73.8 Å². The van der Waals surface area contributed by atoms with Gasteiger partial charge in [0.15, 0.2) is 0 Å². The van der Waals surface area contributed by atoms with Crippen molar-refractivity contribution in [2.24, 2.45) is 5.92 Å². The Labute approximate surface area is 265 Å². The maximum Gasteiger partial charge on any atom is 0.407 e. The molecule has 3 amide bonds. The van der Waals surface area contributed by atoms with Crippen LogP contribution < -0.4 is 16.0 Å². The number of amides is 3. The molecule has 4 N–H and O–H groups in total. The van der Waals surface area contributed by atoms with Crippen molar-refractivity contribution in [3.8, 4) is 11.1 Å². The number of aliphatic hydroxyl groups excluding tert-OH is 1. The zero-order valence-electron chi connectivity index (χ0n) is 26.3. The van der Waals surface area contributed by atoms with Crippen molar-refractivity contribution < 1.29 is 33.8 Å². The minimum atomic E-state index is -0.990. The van der Waals surface area contributed by atoms with Crippen molar-refractivity contribution in [2.45, 2.75) is 70.0 Å². The van der Waals surface area contributed by atoms with E-state index in [1.54, 1.807) is 32.9 Å². The van der Waals surface area contributed by atoms with Gasteiger partial charge < -0.3 is 30.5 Å². The van der Waals surface area contributed by atoms with E-state index in [-0.39, 0.29) is 50.9 Å². The molecule has 3 rings (SSSR count). The van der Waals surface area contributed by atoms with Gasteiger partial charge in [-0.05, 0) is 62.3 Å². The first-order valence-electron chi connectivity index (χ1n) is 15.2. The number of fused-ring (bicyclic) bond motifs is 3. The van der Waals surface area contributed by atoms with E-state index >= 15 is 0 Å². The summed E-state index contributed by atoms with van der Waals surface area (Å²) in [4.78, 5) is 51.3. The van der Waals surface area contributed by atoms with Crippen LogP contribution in [-0.4, -0.2) is 66.4 Å². The smallest absolute Gasteiger partial charge is 0.407 e. The van der Waals surface area contributed by atoms with Crippen LogP contribution in [0.25, 0.3) is 11.1 Å². The number of rotatable bonds is 17. The predicted octanol–water partition coefficient (Wildman–Crippen LogP) is 4.38. The first kappa shape index (κ1) is 35.0. The maximum atomic E-state index is 13.1. The largest absolute Gasteiger partial charge is 0.462 e. The number of aliphatic hydroxyl groups is 1. The summed E-state index contributed by atoms with van der Waals surface area (Å²) in [6.07, 6.45) is 3.32. The Morgan fingerprint density at radius 1 is 0.956 bits per heavy atom. The molecule has 2 aromatic rings. The molecular formula is C35H45N3O7. The lowest BCUT2D eigenvalue weighted by molar-refractivity contribution is -0.149. The van der Waals surface area contributed by atoms with Crippen molar-refractivity contribution in [1.29, 1.82) is 0 Å². The van der Waals surface area contributed by atoms with Crippen molar-refractivity contribution >= 4 is 23.9 Å². The fourth-order valence-corrected chi connectivity index (χ4v) is 5.23. The third kappa shape index (κ3) is 10.0. The molecule has 45 heavy (non-hydrogen) atoms. The second-order valence-corrected chi connectivity index (χ2v) is 11.9. The zero-order chi connectivity index (χ0) is 33.0. The summed E-state index contributed by atoms with van der Waals surface area (Å²) in [5.41, 5.74) is 3.40. The van der Waals surface area contributed by atoms with E-state index in [0.29, 0.717) is 6.42 Å². The Hall–Kier alpha value is -4.44. The summed E-state index contributed by atoms with van der Waals surface area (Å²) in [6.45, 7) is 12.1. The molecule has 0 saturated heterocycles. The molecule has 1 aliphatic rings. The minimum Gasteiger partial charge on any atom is -0.462 e. The number of carbonyl (C=O) groups excluding carboxylic acids is 4. The number of benzene rings is 2. The monoisotopic (exact) mass is 619 g/mol. The van der Waals surface area contributed by atoms with Crippen molar-refractivity contribution in [2.75, 3.05) is 19.8 Å². The fraction of sp³-hybridized carbons (Fsp3) is 0.429. The van der Waals surface area contributed by atoms with Gasteiger partial charge in [0.05, 0.1) is 18.1 Å². The summed E-state index contributed by atoms with van der Waals surface area (Å²) >= 11 is 0. The number of hydrogen-bond donors (Lipinski definition) is 4. The molecule has 0 bridgehead atoms. The van der Waals surface area contributed by atoms with Gasteiger partial charge in [0.25, 0.3) is 0 Å². The summed E-state index contributed by atoms with van der Waals surface area (Å²) in [5.74, 6) is -2.26. The molecule has 0 unspecified atom stereocenters. The summed E-state index contributed by atoms with van der Waals surface area (Å²) in [7, 11) is 0. The lowest BCUT2D eigenvalue weighted by Crippen LogP contribution is -2.51. The SMILES string of the molecule is C=CCC[C@H](NC(=O)OCC1c2ccccc2-c2ccccc21)C(=O)OCC(C)(C)NC(=O)[C@H](CC=C)CC(=O)N[C@@H](C)CO. The summed E-state index contributed by atoms with van der Waals surface area (Å²) in [6, 6.07) is 14.6. The quantitative estimate of drug-likeness (QED) is 0.152. The van der Waals surface area contributed by atoms with Gasteiger partial charge in [0, 0.05) is 18.4 Å². The van der Waals surface area contributed by atoms with E-state index in [1.165, 1.54) is 0 Å². The Balaban J connectivity index is 1.56. The number of ether oxygens (including phenoxy) is 2. The van der Waals surface area contributed by atoms with Gasteiger partial charge >= 0.3 is 12.1 Å². The fourth-order valence-electron chi connectivity index (χ4n) is 5.23. The molecule has 0 aromatic heterocycles. The first-order valence-corrected chi connectivity index (χ1v) is 15.2. The van der Waals surface area contributed by atoms with E-state index in [4.69, 9.17) is 9.47 Å². The van der Waals surface area contributed by atoms with Gasteiger partial charge in [-0.3, -0.25) is 9.59 Å². The lowest BCUT2D eigenvalue weighted by Gasteiger charge is -2.29. The molecule has 10 nitrogen and oxygen atoms in total. The van der Waals surface area contributed by atoms with Crippen LogP contribution in [0.1, 0.15) is 63.5 Å². The van der Waals surface area contributed by atoms with Crippen molar-refractivity contribution in [1.82, 2.24) is 16.0 Å². The standard InChI is InChI=1S/C35H45N3O7/c1-6-8-18-30(37-34(43)44-21-29-27-16-11-9-14-25(27)26-15-10-12-17-28(26)29)33(42)45-22-35(4,5)38-32(41)24(13-7-2)19-31(40)36-23(3)20-39/h6-7,9-12,14-17,23-24,29-30,39H,1-2,8,13,18-22H2,3-5H3,(H,36,40)(H,37,43)(H,38,41)/t23-,24+,30-/m0/s1. The van der Waals surface area contributed by atoms with E-state index in [1.807, 2.05) is 36.4 Å². The molecule has 0 aliphatic heterocycles. The van der Waals surface area contributed by atoms with E-state index in [9.17, 15) is 24.3 Å². The average Bonchev–Trinajstić information content (AvgIpc) is 3.33. The Kier molecular flexibility index (Phi) is 12.9. The molecular weight excluding hydrogens is 574 g/mol. The summed E-state index contributed by atoms with van der Waals surface area (Å²) in [5, 5.41) is 17.3. The van der Waals surface area contributed by atoms with Crippen LogP contribution in [-0.2, 0) is 23.9 Å². The number of nitrogens with one attached hydrogen (secondary N) is 3.